The first-order chi connectivity index (χ1) is 11.4. The zero-order valence-corrected chi connectivity index (χ0v) is 12.5. The normalized spacial score (nSPS) is 11.0. The molecule has 0 bridgehead atoms. The third-order valence-electron chi connectivity index (χ3n) is 3.08. The van der Waals surface area contributed by atoms with Crippen LogP contribution in [0.15, 0.2) is 48.5 Å². The molecule has 0 aliphatic heterocycles. The Bertz CT molecular complexity index is 670. The predicted molar refractivity (Wildman–Crippen MR) is 80.3 cm³/mol. The van der Waals surface area contributed by atoms with Gasteiger partial charge in [-0.15, -0.1) is 0 Å². The zero-order valence-electron chi connectivity index (χ0n) is 12.5. The van der Waals surface area contributed by atoms with Crippen molar-refractivity contribution in [1.82, 2.24) is 5.43 Å². The molecule has 2 aromatic rings. The molecule has 5 nitrogen and oxygen atoms in total. The maximum absolute atomic E-state index is 12.5. The van der Waals surface area contributed by atoms with Crippen molar-refractivity contribution in [3.63, 3.8) is 0 Å². The van der Waals surface area contributed by atoms with E-state index in [0.29, 0.717) is 17.9 Å². The van der Waals surface area contributed by atoms with E-state index in [1.807, 2.05) is 5.43 Å². The van der Waals surface area contributed by atoms with Crippen molar-refractivity contribution in [1.29, 1.82) is 0 Å². The molecule has 2 aromatic carbocycles. The molecular formula is C16H15F3N2O3. The number of nitrogens with one attached hydrogen (secondary N) is 1. The molecule has 0 unspecified atom stereocenters. The molecule has 1 amide bonds. The summed E-state index contributed by atoms with van der Waals surface area (Å²) in [6.07, 6.45) is -4.59. The number of rotatable bonds is 5. The maximum atomic E-state index is 12.5. The maximum Gasteiger partial charge on any atom is 0.421 e. The van der Waals surface area contributed by atoms with Crippen LogP contribution in [0.3, 0.4) is 0 Å². The molecule has 0 heterocycles. The molecule has 0 radical (unpaired) electrons. The predicted octanol–water partition coefficient (Wildman–Crippen LogP) is 3.64. The lowest BCUT2D eigenvalue weighted by atomic mass is 10.1. The quantitative estimate of drug-likeness (QED) is 0.495. The van der Waals surface area contributed by atoms with E-state index in [1.54, 1.807) is 24.3 Å². The van der Waals surface area contributed by atoms with E-state index < -0.39 is 17.8 Å². The Hall–Kier alpha value is -2.74. The molecule has 24 heavy (non-hydrogen) atoms. The van der Waals surface area contributed by atoms with Gasteiger partial charge in [0.05, 0.1) is 12.2 Å². The molecule has 3 N–H and O–H groups in total. The first kappa shape index (κ1) is 17.6. The minimum absolute atomic E-state index is 0.169. The largest absolute Gasteiger partial charge is 0.457 e. The summed E-state index contributed by atoms with van der Waals surface area (Å²) in [5.74, 6) is 5.66. The van der Waals surface area contributed by atoms with Crippen LogP contribution in [0.25, 0.3) is 0 Å². The van der Waals surface area contributed by atoms with E-state index in [9.17, 15) is 18.0 Å². The first-order valence-corrected chi connectivity index (χ1v) is 6.96. The summed E-state index contributed by atoms with van der Waals surface area (Å²) in [6, 6.07) is 11.3. The van der Waals surface area contributed by atoms with E-state index in [0.717, 1.165) is 17.7 Å². The van der Waals surface area contributed by atoms with Crippen LogP contribution in [0, 0.1) is 0 Å². The van der Waals surface area contributed by atoms with Gasteiger partial charge >= 0.3 is 12.3 Å². The zero-order chi connectivity index (χ0) is 17.6. The van der Waals surface area contributed by atoms with Crippen LogP contribution in [-0.4, -0.2) is 12.7 Å². The molecule has 0 aromatic heterocycles. The van der Waals surface area contributed by atoms with Crippen molar-refractivity contribution in [2.24, 2.45) is 5.84 Å². The lowest BCUT2D eigenvalue weighted by molar-refractivity contribution is -0.137. The molecule has 0 saturated heterocycles. The number of ether oxygens (including phenoxy) is 2. The number of halogens is 3. The van der Waals surface area contributed by atoms with E-state index in [2.05, 4.69) is 0 Å². The third-order valence-corrected chi connectivity index (χ3v) is 3.08. The van der Waals surface area contributed by atoms with Crippen LogP contribution in [0.5, 0.6) is 11.5 Å². The van der Waals surface area contributed by atoms with Gasteiger partial charge in [0.1, 0.15) is 11.5 Å². The lowest BCUT2D eigenvalue weighted by Gasteiger charge is -2.09. The van der Waals surface area contributed by atoms with E-state index in [-0.39, 0.29) is 6.61 Å². The molecule has 0 atom stereocenters. The second-order valence-electron chi connectivity index (χ2n) is 4.80. The lowest BCUT2D eigenvalue weighted by Crippen LogP contribution is -2.31. The highest BCUT2D eigenvalue weighted by Gasteiger charge is 2.30. The van der Waals surface area contributed by atoms with Gasteiger partial charge in [-0.05, 0) is 42.0 Å². The van der Waals surface area contributed by atoms with Gasteiger partial charge in [-0.2, -0.15) is 13.2 Å². The number of benzene rings is 2. The molecule has 0 fully saturated rings. The van der Waals surface area contributed by atoms with Crippen LogP contribution < -0.4 is 16.0 Å². The third kappa shape index (κ3) is 5.17. The highest BCUT2D eigenvalue weighted by Crippen LogP contribution is 2.31. The van der Waals surface area contributed by atoms with Crippen LogP contribution in [0.1, 0.15) is 11.1 Å². The summed E-state index contributed by atoms with van der Waals surface area (Å²) in [5.41, 5.74) is 2.02. The highest BCUT2D eigenvalue weighted by molar-refractivity contribution is 5.66. The minimum Gasteiger partial charge on any atom is -0.457 e. The Morgan fingerprint density at radius 1 is 1.00 bits per heavy atom. The van der Waals surface area contributed by atoms with Crippen molar-refractivity contribution in [3.05, 3.63) is 59.7 Å². The molecule has 0 spiro atoms. The number of carbonyl (C=O) groups excluding carboxylic acids is 1. The second-order valence-corrected chi connectivity index (χ2v) is 4.80. The average molecular weight is 340 g/mol. The number of hydrogen-bond donors (Lipinski definition) is 2. The number of carbonyl (C=O) groups is 1. The number of hydrogen-bond acceptors (Lipinski definition) is 4. The molecular weight excluding hydrogens is 325 g/mol. The van der Waals surface area contributed by atoms with Crippen LogP contribution in [0.2, 0.25) is 0 Å². The van der Waals surface area contributed by atoms with Gasteiger partial charge in [0.15, 0.2) is 0 Å². The Morgan fingerprint density at radius 2 is 1.54 bits per heavy atom. The topological polar surface area (TPSA) is 73.6 Å². The van der Waals surface area contributed by atoms with Crippen LogP contribution in [0.4, 0.5) is 18.0 Å². The second kappa shape index (κ2) is 7.69. The van der Waals surface area contributed by atoms with Gasteiger partial charge in [-0.1, -0.05) is 12.1 Å². The number of amides is 1. The van der Waals surface area contributed by atoms with Crippen LogP contribution in [-0.2, 0) is 17.3 Å². The summed E-state index contributed by atoms with van der Waals surface area (Å²) in [5, 5.41) is 0. The van der Waals surface area contributed by atoms with Crippen molar-refractivity contribution >= 4 is 6.09 Å². The van der Waals surface area contributed by atoms with Crippen molar-refractivity contribution in [2.45, 2.75) is 12.6 Å². The van der Waals surface area contributed by atoms with Gasteiger partial charge in [-0.3, -0.25) is 5.43 Å². The van der Waals surface area contributed by atoms with E-state index >= 15 is 0 Å². The van der Waals surface area contributed by atoms with Gasteiger partial charge in [0.25, 0.3) is 0 Å². The first-order valence-electron chi connectivity index (χ1n) is 6.96. The van der Waals surface area contributed by atoms with Crippen LogP contribution >= 0.6 is 0 Å². The summed E-state index contributed by atoms with van der Waals surface area (Å²) in [6.45, 7) is 0.169. The number of hydrazine groups is 1. The van der Waals surface area contributed by atoms with E-state index in [1.165, 1.54) is 12.1 Å². The molecule has 2 rings (SSSR count). The smallest absolute Gasteiger partial charge is 0.421 e. The Kier molecular flexibility index (Phi) is 5.64. The molecule has 0 aliphatic rings. The fourth-order valence-electron chi connectivity index (χ4n) is 1.88. The Labute approximate surface area is 136 Å². The summed E-state index contributed by atoms with van der Waals surface area (Å²) in [7, 11) is 0. The number of alkyl halides is 3. The fraction of sp³-hybridized carbons (Fsp3) is 0.188. The molecule has 8 heteroatoms. The summed E-state index contributed by atoms with van der Waals surface area (Å²) in [4.78, 5) is 10.8. The van der Waals surface area contributed by atoms with Gasteiger partial charge in [-0.25, -0.2) is 10.6 Å². The van der Waals surface area contributed by atoms with Gasteiger partial charge in [0.2, 0.25) is 0 Å². The van der Waals surface area contributed by atoms with Crippen molar-refractivity contribution in [2.75, 3.05) is 6.61 Å². The minimum atomic E-state index is -4.37. The molecule has 0 aliphatic carbocycles. The molecule has 0 saturated carbocycles. The SMILES string of the molecule is NNC(=O)OCCc1ccc(Oc2ccc(C(F)(F)F)cc2)cc1. The highest BCUT2D eigenvalue weighted by atomic mass is 19.4. The molecule has 128 valence electrons. The number of nitrogens with two attached hydrogens (primary N) is 1. The Balaban J connectivity index is 1.90. The van der Waals surface area contributed by atoms with Crippen molar-refractivity contribution < 1.29 is 27.4 Å². The van der Waals surface area contributed by atoms with Gasteiger partial charge < -0.3 is 9.47 Å². The summed E-state index contributed by atoms with van der Waals surface area (Å²) >= 11 is 0. The standard InChI is InChI=1S/C16H15F3N2O3/c17-16(18,19)12-3-7-14(8-4-12)24-13-5-1-11(2-6-13)9-10-23-15(22)21-20/h1-8H,9-10,20H2,(H,21,22). The average Bonchev–Trinajstić information content (AvgIpc) is 2.56. The monoisotopic (exact) mass is 340 g/mol. The van der Waals surface area contributed by atoms with Gasteiger partial charge in [0, 0.05) is 6.42 Å². The van der Waals surface area contributed by atoms with E-state index in [4.69, 9.17) is 15.3 Å². The fourth-order valence-corrected chi connectivity index (χ4v) is 1.88. The Morgan fingerprint density at radius 3 is 2.04 bits per heavy atom. The summed E-state index contributed by atoms with van der Waals surface area (Å²) < 4.78 is 47.7. The van der Waals surface area contributed by atoms with Crippen molar-refractivity contribution in [3.8, 4) is 11.5 Å².